The molecule has 84 valence electrons. The molecular formula is C13H17N3. The van der Waals surface area contributed by atoms with E-state index in [0.717, 1.165) is 29.1 Å². The highest BCUT2D eigenvalue weighted by Gasteiger charge is 2.13. The molecule has 16 heavy (non-hydrogen) atoms. The predicted octanol–water partition coefficient (Wildman–Crippen LogP) is 2.54. The average molecular weight is 215 g/mol. The summed E-state index contributed by atoms with van der Waals surface area (Å²) in [6, 6.07) is 8.40. The Morgan fingerprint density at radius 3 is 2.44 bits per heavy atom. The van der Waals surface area contributed by atoms with Crippen molar-refractivity contribution < 1.29 is 0 Å². The van der Waals surface area contributed by atoms with Gasteiger partial charge in [-0.3, -0.25) is 4.68 Å². The topological polar surface area (TPSA) is 43.8 Å². The molecule has 0 spiro atoms. The second-order valence-electron chi connectivity index (χ2n) is 4.05. The van der Waals surface area contributed by atoms with E-state index in [2.05, 4.69) is 43.2 Å². The molecule has 0 aliphatic heterocycles. The third kappa shape index (κ3) is 1.69. The smallest absolute Gasteiger partial charge is 0.129 e. The molecule has 0 saturated heterocycles. The molecule has 0 fully saturated rings. The van der Waals surface area contributed by atoms with Gasteiger partial charge >= 0.3 is 0 Å². The number of benzene rings is 1. The van der Waals surface area contributed by atoms with E-state index >= 15 is 0 Å². The number of aromatic nitrogens is 2. The third-order valence-electron chi connectivity index (χ3n) is 2.84. The summed E-state index contributed by atoms with van der Waals surface area (Å²) in [7, 11) is 1.88. The summed E-state index contributed by atoms with van der Waals surface area (Å²) in [5.74, 6) is 0.737. The molecule has 0 atom stereocenters. The van der Waals surface area contributed by atoms with Gasteiger partial charge in [0.25, 0.3) is 0 Å². The van der Waals surface area contributed by atoms with Crippen molar-refractivity contribution in [3.8, 4) is 11.1 Å². The van der Waals surface area contributed by atoms with Crippen LogP contribution in [0.25, 0.3) is 11.1 Å². The minimum atomic E-state index is 0.737. The maximum absolute atomic E-state index is 6.05. The molecule has 0 amide bonds. The Morgan fingerprint density at radius 2 is 1.88 bits per heavy atom. The Morgan fingerprint density at radius 1 is 1.25 bits per heavy atom. The van der Waals surface area contributed by atoms with Gasteiger partial charge in [0.15, 0.2) is 0 Å². The summed E-state index contributed by atoms with van der Waals surface area (Å²) in [5, 5.41) is 4.42. The van der Waals surface area contributed by atoms with E-state index in [1.54, 1.807) is 4.68 Å². The van der Waals surface area contributed by atoms with Crippen LogP contribution in [-0.2, 0) is 13.5 Å². The summed E-state index contributed by atoms with van der Waals surface area (Å²) in [6.07, 6.45) is 0.897. The Kier molecular flexibility index (Phi) is 2.69. The van der Waals surface area contributed by atoms with E-state index in [-0.39, 0.29) is 0 Å². The first-order valence-corrected chi connectivity index (χ1v) is 5.52. The maximum Gasteiger partial charge on any atom is 0.129 e. The Bertz CT molecular complexity index is 495. The number of nitrogens with two attached hydrogens (primary N) is 1. The third-order valence-corrected chi connectivity index (χ3v) is 2.84. The second-order valence-corrected chi connectivity index (χ2v) is 4.05. The first-order chi connectivity index (χ1) is 7.63. The lowest BCUT2D eigenvalue weighted by Gasteiger charge is -2.03. The fourth-order valence-corrected chi connectivity index (χ4v) is 1.88. The van der Waals surface area contributed by atoms with Gasteiger partial charge in [-0.2, -0.15) is 5.10 Å². The monoisotopic (exact) mass is 215 g/mol. The number of anilines is 1. The highest BCUT2D eigenvalue weighted by atomic mass is 15.3. The van der Waals surface area contributed by atoms with Crippen LogP contribution in [0.3, 0.4) is 0 Å². The molecule has 0 aliphatic rings. The molecule has 0 aliphatic carbocycles. The maximum atomic E-state index is 6.05. The molecular weight excluding hydrogens is 198 g/mol. The molecule has 3 heteroatoms. The summed E-state index contributed by atoms with van der Waals surface area (Å²) >= 11 is 0. The van der Waals surface area contributed by atoms with E-state index in [0.29, 0.717) is 0 Å². The van der Waals surface area contributed by atoms with Crippen molar-refractivity contribution in [2.75, 3.05) is 5.73 Å². The SMILES string of the molecule is CCc1nn(C)c(N)c1-c1ccc(C)cc1. The lowest BCUT2D eigenvalue weighted by Crippen LogP contribution is -1.97. The first-order valence-electron chi connectivity index (χ1n) is 5.52. The average Bonchev–Trinajstić information content (AvgIpc) is 2.57. The molecule has 2 aromatic rings. The van der Waals surface area contributed by atoms with Gasteiger partial charge in [0.1, 0.15) is 5.82 Å². The molecule has 2 rings (SSSR count). The van der Waals surface area contributed by atoms with Gasteiger partial charge in [0.2, 0.25) is 0 Å². The number of rotatable bonds is 2. The normalized spacial score (nSPS) is 10.7. The van der Waals surface area contributed by atoms with Gasteiger partial charge < -0.3 is 5.73 Å². The van der Waals surface area contributed by atoms with Crippen LogP contribution in [0.5, 0.6) is 0 Å². The lowest BCUT2D eigenvalue weighted by atomic mass is 10.0. The van der Waals surface area contributed by atoms with Gasteiger partial charge in [0, 0.05) is 12.6 Å². The Labute approximate surface area is 95.9 Å². The van der Waals surface area contributed by atoms with E-state index in [4.69, 9.17) is 5.73 Å². The second kappa shape index (κ2) is 4.00. The van der Waals surface area contributed by atoms with Gasteiger partial charge in [-0.25, -0.2) is 0 Å². The van der Waals surface area contributed by atoms with Crippen molar-refractivity contribution in [1.82, 2.24) is 9.78 Å². The molecule has 3 nitrogen and oxygen atoms in total. The molecule has 2 N–H and O–H groups in total. The summed E-state index contributed by atoms with van der Waals surface area (Å²) in [6.45, 7) is 4.18. The van der Waals surface area contributed by atoms with Crippen LogP contribution in [0.1, 0.15) is 18.2 Å². The van der Waals surface area contributed by atoms with Gasteiger partial charge in [-0.1, -0.05) is 36.8 Å². The van der Waals surface area contributed by atoms with Crippen molar-refractivity contribution in [2.24, 2.45) is 7.05 Å². The quantitative estimate of drug-likeness (QED) is 0.836. The van der Waals surface area contributed by atoms with Crippen molar-refractivity contribution in [2.45, 2.75) is 20.3 Å². The van der Waals surface area contributed by atoms with E-state index in [1.807, 2.05) is 7.05 Å². The van der Waals surface area contributed by atoms with Gasteiger partial charge in [0.05, 0.1) is 5.69 Å². The largest absolute Gasteiger partial charge is 0.383 e. The van der Waals surface area contributed by atoms with Gasteiger partial charge in [-0.05, 0) is 18.9 Å². The van der Waals surface area contributed by atoms with E-state index in [1.165, 1.54) is 5.56 Å². The van der Waals surface area contributed by atoms with E-state index in [9.17, 15) is 0 Å². The number of hydrogen-bond acceptors (Lipinski definition) is 2. The lowest BCUT2D eigenvalue weighted by molar-refractivity contribution is 0.755. The predicted molar refractivity (Wildman–Crippen MR) is 67.2 cm³/mol. The zero-order valence-corrected chi connectivity index (χ0v) is 9.99. The number of hydrogen-bond donors (Lipinski definition) is 1. The molecule has 1 aromatic carbocycles. The molecule has 0 radical (unpaired) electrons. The number of nitrogen functional groups attached to an aromatic ring is 1. The molecule has 0 unspecified atom stereocenters. The Balaban J connectivity index is 2.58. The van der Waals surface area contributed by atoms with Crippen molar-refractivity contribution >= 4 is 5.82 Å². The van der Waals surface area contributed by atoms with Crippen LogP contribution >= 0.6 is 0 Å². The van der Waals surface area contributed by atoms with Crippen LogP contribution in [0.4, 0.5) is 5.82 Å². The van der Waals surface area contributed by atoms with Crippen LogP contribution in [0.15, 0.2) is 24.3 Å². The molecule has 0 bridgehead atoms. The zero-order valence-electron chi connectivity index (χ0n) is 9.99. The highest BCUT2D eigenvalue weighted by Crippen LogP contribution is 2.29. The standard InChI is InChI=1S/C13H17N3/c1-4-11-12(13(14)16(3)15-11)10-7-5-9(2)6-8-10/h5-8H,4,14H2,1-3H3. The van der Waals surface area contributed by atoms with E-state index < -0.39 is 0 Å². The highest BCUT2D eigenvalue weighted by molar-refractivity contribution is 5.76. The Hall–Kier alpha value is -1.77. The minimum absolute atomic E-state index is 0.737. The van der Waals surface area contributed by atoms with Crippen molar-refractivity contribution in [1.29, 1.82) is 0 Å². The van der Waals surface area contributed by atoms with Crippen molar-refractivity contribution in [3.63, 3.8) is 0 Å². The first kappa shape index (κ1) is 10.7. The number of nitrogens with zero attached hydrogens (tertiary/aromatic N) is 2. The number of aryl methyl sites for hydroxylation is 3. The summed E-state index contributed by atoms with van der Waals surface area (Å²) in [5.41, 5.74) is 10.6. The van der Waals surface area contributed by atoms with Crippen LogP contribution in [0, 0.1) is 6.92 Å². The van der Waals surface area contributed by atoms with Crippen LogP contribution in [0.2, 0.25) is 0 Å². The molecule has 0 saturated carbocycles. The van der Waals surface area contributed by atoms with Crippen LogP contribution in [-0.4, -0.2) is 9.78 Å². The fourth-order valence-electron chi connectivity index (χ4n) is 1.88. The molecule has 1 heterocycles. The van der Waals surface area contributed by atoms with Gasteiger partial charge in [-0.15, -0.1) is 0 Å². The minimum Gasteiger partial charge on any atom is -0.383 e. The van der Waals surface area contributed by atoms with Crippen LogP contribution < -0.4 is 5.73 Å². The summed E-state index contributed by atoms with van der Waals surface area (Å²) in [4.78, 5) is 0. The zero-order chi connectivity index (χ0) is 11.7. The molecule has 1 aromatic heterocycles. The fraction of sp³-hybridized carbons (Fsp3) is 0.308. The summed E-state index contributed by atoms with van der Waals surface area (Å²) < 4.78 is 1.74. The van der Waals surface area contributed by atoms with Crippen molar-refractivity contribution in [3.05, 3.63) is 35.5 Å².